The lowest BCUT2D eigenvalue weighted by Gasteiger charge is -2.12. The Bertz CT molecular complexity index is 348. The number of benzene rings is 1. The first-order valence-corrected chi connectivity index (χ1v) is 5.95. The molecule has 0 aromatic heterocycles. The standard InChI is InChI=1S/C12H13NS/c1-2-10-4-3-5-11(8-10)13-12-6-7-14-9-12/h1,3-5,8,12-13H,6-7,9H2. The minimum absolute atomic E-state index is 0.619. The van der Waals surface area contributed by atoms with E-state index < -0.39 is 0 Å². The Morgan fingerprint density at radius 1 is 1.50 bits per heavy atom. The van der Waals surface area contributed by atoms with Gasteiger partial charge in [0, 0.05) is 23.0 Å². The zero-order valence-electron chi connectivity index (χ0n) is 7.99. The highest BCUT2D eigenvalue weighted by Gasteiger charge is 2.14. The van der Waals surface area contributed by atoms with E-state index >= 15 is 0 Å². The molecule has 1 aliphatic heterocycles. The quantitative estimate of drug-likeness (QED) is 0.741. The van der Waals surface area contributed by atoms with Gasteiger partial charge in [-0.05, 0) is 30.4 Å². The lowest BCUT2D eigenvalue weighted by Crippen LogP contribution is -2.17. The first-order valence-electron chi connectivity index (χ1n) is 4.79. The first-order chi connectivity index (χ1) is 6.88. The second-order valence-corrected chi connectivity index (χ2v) is 4.58. The molecule has 1 N–H and O–H groups in total. The first kappa shape index (κ1) is 9.48. The molecule has 0 aliphatic carbocycles. The van der Waals surface area contributed by atoms with Crippen LogP contribution in [0.5, 0.6) is 0 Å². The van der Waals surface area contributed by atoms with Crippen molar-refractivity contribution in [2.24, 2.45) is 0 Å². The van der Waals surface area contributed by atoms with E-state index in [1.807, 2.05) is 30.0 Å². The molecule has 1 saturated heterocycles. The molecule has 1 aromatic rings. The van der Waals surface area contributed by atoms with E-state index in [4.69, 9.17) is 6.42 Å². The van der Waals surface area contributed by atoms with Crippen LogP contribution in [0.3, 0.4) is 0 Å². The van der Waals surface area contributed by atoms with Crippen LogP contribution in [0.2, 0.25) is 0 Å². The molecule has 1 aliphatic rings. The van der Waals surface area contributed by atoms with Crippen LogP contribution in [0.25, 0.3) is 0 Å². The van der Waals surface area contributed by atoms with Crippen LogP contribution in [-0.4, -0.2) is 17.5 Å². The fourth-order valence-corrected chi connectivity index (χ4v) is 2.74. The van der Waals surface area contributed by atoms with Gasteiger partial charge in [0.25, 0.3) is 0 Å². The zero-order valence-corrected chi connectivity index (χ0v) is 8.81. The SMILES string of the molecule is C#Cc1cccc(NC2CCSC2)c1. The van der Waals surface area contributed by atoms with E-state index in [1.165, 1.54) is 17.9 Å². The number of nitrogens with one attached hydrogen (secondary N) is 1. The Hall–Kier alpha value is -1.07. The van der Waals surface area contributed by atoms with Crippen molar-refractivity contribution >= 4 is 17.4 Å². The van der Waals surface area contributed by atoms with Crippen LogP contribution in [-0.2, 0) is 0 Å². The van der Waals surface area contributed by atoms with Crippen LogP contribution >= 0.6 is 11.8 Å². The maximum Gasteiger partial charge on any atom is 0.0359 e. The van der Waals surface area contributed by atoms with Gasteiger partial charge in [-0.15, -0.1) is 6.42 Å². The summed E-state index contributed by atoms with van der Waals surface area (Å²) in [7, 11) is 0. The van der Waals surface area contributed by atoms with Crippen LogP contribution in [0.1, 0.15) is 12.0 Å². The van der Waals surface area contributed by atoms with Gasteiger partial charge in [-0.3, -0.25) is 0 Å². The number of anilines is 1. The van der Waals surface area contributed by atoms with Gasteiger partial charge < -0.3 is 5.32 Å². The third kappa shape index (κ3) is 2.24. The summed E-state index contributed by atoms with van der Waals surface area (Å²) in [5.74, 6) is 5.13. The number of hydrogen-bond acceptors (Lipinski definition) is 2. The van der Waals surface area contributed by atoms with Gasteiger partial charge >= 0.3 is 0 Å². The summed E-state index contributed by atoms with van der Waals surface area (Å²) < 4.78 is 0. The van der Waals surface area contributed by atoms with Crippen molar-refractivity contribution in [3.63, 3.8) is 0 Å². The van der Waals surface area contributed by atoms with Crippen molar-refractivity contribution in [2.45, 2.75) is 12.5 Å². The Morgan fingerprint density at radius 3 is 3.14 bits per heavy atom. The summed E-state index contributed by atoms with van der Waals surface area (Å²) in [5, 5.41) is 3.50. The molecule has 72 valence electrons. The summed E-state index contributed by atoms with van der Waals surface area (Å²) in [5.41, 5.74) is 2.09. The van der Waals surface area contributed by atoms with Gasteiger partial charge in [-0.1, -0.05) is 12.0 Å². The van der Waals surface area contributed by atoms with Gasteiger partial charge in [0.1, 0.15) is 0 Å². The summed E-state index contributed by atoms with van der Waals surface area (Å²) >= 11 is 2.01. The highest BCUT2D eigenvalue weighted by Crippen LogP contribution is 2.21. The van der Waals surface area contributed by atoms with E-state index in [1.54, 1.807) is 0 Å². The van der Waals surface area contributed by atoms with Gasteiger partial charge in [0.2, 0.25) is 0 Å². The predicted octanol–water partition coefficient (Wildman–Crippen LogP) is 2.59. The minimum atomic E-state index is 0.619. The molecule has 1 aromatic carbocycles. The molecular weight excluding hydrogens is 190 g/mol. The van der Waals surface area contributed by atoms with Crippen LogP contribution < -0.4 is 5.32 Å². The molecule has 1 nitrogen and oxygen atoms in total. The second-order valence-electron chi connectivity index (χ2n) is 3.43. The maximum atomic E-state index is 5.34. The fraction of sp³-hybridized carbons (Fsp3) is 0.333. The third-order valence-electron chi connectivity index (χ3n) is 2.33. The van der Waals surface area contributed by atoms with Gasteiger partial charge in [-0.25, -0.2) is 0 Å². The molecule has 1 fully saturated rings. The van der Waals surface area contributed by atoms with Gasteiger partial charge in [0.15, 0.2) is 0 Å². The normalized spacial score (nSPS) is 20.4. The molecule has 2 heteroatoms. The molecule has 0 saturated carbocycles. The highest BCUT2D eigenvalue weighted by molar-refractivity contribution is 7.99. The van der Waals surface area contributed by atoms with Crippen molar-refractivity contribution < 1.29 is 0 Å². The lowest BCUT2D eigenvalue weighted by molar-refractivity contribution is 0.813. The molecule has 1 heterocycles. The number of rotatable bonds is 2. The van der Waals surface area contributed by atoms with Crippen molar-refractivity contribution in [1.29, 1.82) is 0 Å². The van der Waals surface area contributed by atoms with Gasteiger partial charge in [-0.2, -0.15) is 11.8 Å². The fourth-order valence-electron chi connectivity index (χ4n) is 1.58. The molecule has 0 bridgehead atoms. The van der Waals surface area contributed by atoms with Gasteiger partial charge in [0.05, 0.1) is 0 Å². The van der Waals surface area contributed by atoms with Crippen LogP contribution in [0, 0.1) is 12.3 Å². The summed E-state index contributed by atoms with van der Waals surface area (Å²) in [4.78, 5) is 0. The third-order valence-corrected chi connectivity index (χ3v) is 3.49. The lowest BCUT2D eigenvalue weighted by atomic mass is 10.2. The second kappa shape index (κ2) is 4.43. The highest BCUT2D eigenvalue weighted by atomic mass is 32.2. The predicted molar refractivity (Wildman–Crippen MR) is 63.7 cm³/mol. The van der Waals surface area contributed by atoms with Crippen molar-refractivity contribution in [1.82, 2.24) is 0 Å². The molecule has 0 spiro atoms. The molecule has 0 radical (unpaired) electrons. The largest absolute Gasteiger partial charge is 0.381 e. The average Bonchev–Trinajstić information content (AvgIpc) is 2.71. The Balaban J connectivity index is 2.05. The number of thioether (sulfide) groups is 1. The topological polar surface area (TPSA) is 12.0 Å². The smallest absolute Gasteiger partial charge is 0.0359 e. The molecular formula is C12H13NS. The van der Waals surface area contributed by atoms with Crippen LogP contribution in [0.15, 0.2) is 24.3 Å². The molecule has 1 unspecified atom stereocenters. The summed E-state index contributed by atoms with van der Waals surface area (Å²) in [6, 6.07) is 8.68. The Morgan fingerprint density at radius 2 is 2.43 bits per heavy atom. The Kier molecular flexibility index (Phi) is 3.00. The molecule has 0 amide bonds. The number of terminal acetylenes is 1. The minimum Gasteiger partial charge on any atom is -0.381 e. The van der Waals surface area contributed by atoms with E-state index in [9.17, 15) is 0 Å². The van der Waals surface area contributed by atoms with Crippen molar-refractivity contribution in [2.75, 3.05) is 16.8 Å². The number of hydrogen-bond donors (Lipinski definition) is 1. The zero-order chi connectivity index (χ0) is 9.80. The summed E-state index contributed by atoms with van der Waals surface area (Å²) in [6.07, 6.45) is 6.60. The average molecular weight is 203 g/mol. The van der Waals surface area contributed by atoms with E-state index in [-0.39, 0.29) is 0 Å². The monoisotopic (exact) mass is 203 g/mol. The molecule has 1 atom stereocenters. The summed E-state index contributed by atoms with van der Waals surface area (Å²) in [6.45, 7) is 0. The molecule has 14 heavy (non-hydrogen) atoms. The van der Waals surface area contributed by atoms with Crippen LogP contribution in [0.4, 0.5) is 5.69 Å². The van der Waals surface area contributed by atoms with Crippen molar-refractivity contribution in [3.05, 3.63) is 29.8 Å². The van der Waals surface area contributed by atoms with Crippen molar-refractivity contribution in [3.8, 4) is 12.3 Å². The van der Waals surface area contributed by atoms with E-state index in [2.05, 4.69) is 17.3 Å². The Labute approximate surface area is 89.3 Å². The van der Waals surface area contributed by atoms with E-state index in [0.29, 0.717) is 6.04 Å². The maximum absolute atomic E-state index is 5.34. The molecule has 2 rings (SSSR count). The van der Waals surface area contributed by atoms with E-state index in [0.717, 1.165) is 11.3 Å².